The average Bonchev–Trinajstić information content (AvgIpc) is 2.75. The lowest BCUT2D eigenvalue weighted by molar-refractivity contribution is 0.181. The summed E-state index contributed by atoms with van der Waals surface area (Å²) in [7, 11) is 0. The van der Waals surface area contributed by atoms with E-state index in [1.54, 1.807) is 13.8 Å². The van der Waals surface area contributed by atoms with Crippen LogP contribution in [0.3, 0.4) is 0 Å². The van der Waals surface area contributed by atoms with Gasteiger partial charge in [0.25, 0.3) is 0 Å². The lowest BCUT2D eigenvalue weighted by Gasteiger charge is -2.22. The maximum Gasteiger partial charge on any atom is 0.405 e. The van der Waals surface area contributed by atoms with Crippen LogP contribution in [0.4, 0.5) is 9.18 Å². The monoisotopic (exact) mass is 279 g/mol. The highest BCUT2D eigenvalue weighted by Crippen LogP contribution is 2.20. The molecule has 0 radical (unpaired) electrons. The summed E-state index contributed by atoms with van der Waals surface area (Å²) in [5, 5.41) is 18.8. The van der Waals surface area contributed by atoms with Gasteiger partial charge in [0.05, 0.1) is 0 Å². The van der Waals surface area contributed by atoms with Crippen molar-refractivity contribution in [2.45, 2.75) is 25.8 Å². The molecular formula is C13H14FN3O3. The Morgan fingerprint density at radius 2 is 2.00 bits per heavy atom. The molecule has 6 nitrogen and oxygen atoms in total. The molecule has 1 aromatic carbocycles. The van der Waals surface area contributed by atoms with Gasteiger partial charge in [-0.1, -0.05) is 0 Å². The topological polar surface area (TPSA) is 88.3 Å². The molecule has 0 atom stereocenters. The molecule has 0 spiro atoms. The molecule has 0 aliphatic heterocycles. The number of benzene rings is 1. The Morgan fingerprint density at radius 1 is 1.35 bits per heavy atom. The highest BCUT2D eigenvalue weighted by Gasteiger charge is 2.24. The van der Waals surface area contributed by atoms with Gasteiger partial charge in [-0.05, 0) is 38.1 Å². The fourth-order valence-electron chi connectivity index (χ4n) is 1.75. The number of nitrogens with one attached hydrogen (secondary N) is 1. The van der Waals surface area contributed by atoms with Crippen LogP contribution in [0.15, 0.2) is 28.7 Å². The zero-order valence-electron chi connectivity index (χ0n) is 11.1. The first-order valence-corrected chi connectivity index (χ1v) is 5.95. The molecule has 0 saturated carbocycles. The maximum atomic E-state index is 12.8. The van der Waals surface area contributed by atoms with E-state index < -0.39 is 11.6 Å². The van der Waals surface area contributed by atoms with Crippen molar-refractivity contribution in [3.05, 3.63) is 36.0 Å². The minimum atomic E-state index is -1.12. The van der Waals surface area contributed by atoms with Crippen molar-refractivity contribution in [2.24, 2.45) is 0 Å². The third-order valence-electron chi connectivity index (χ3n) is 2.60. The van der Waals surface area contributed by atoms with Crippen LogP contribution in [0.25, 0.3) is 11.5 Å². The molecule has 1 aromatic heterocycles. The van der Waals surface area contributed by atoms with E-state index in [9.17, 15) is 9.18 Å². The van der Waals surface area contributed by atoms with Gasteiger partial charge >= 0.3 is 6.09 Å². The molecule has 2 aromatic rings. The summed E-state index contributed by atoms with van der Waals surface area (Å²) in [5.74, 6) is 0.231. The highest BCUT2D eigenvalue weighted by molar-refractivity contribution is 5.65. The van der Waals surface area contributed by atoms with E-state index in [1.165, 1.54) is 24.3 Å². The third kappa shape index (κ3) is 3.53. The normalized spacial score (nSPS) is 11.3. The lowest BCUT2D eigenvalue weighted by atomic mass is 10.0. The second-order valence-electron chi connectivity index (χ2n) is 5.00. The van der Waals surface area contributed by atoms with Crippen LogP contribution in [-0.4, -0.2) is 26.9 Å². The van der Waals surface area contributed by atoms with Crippen molar-refractivity contribution < 1.29 is 18.7 Å². The van der Waals surface area contributed by atoms with Crippen molar-refractivity contribution in [3.8, 4) is 11.5 Å². The van der Waals surface area contributed by atoms with Crippen LogP contribution in [0.5, 0.6) is 0 Å². The smallest absolute Gasteiger partial charge is 0.405 e. The van der Waals surface area contributed by atoms with Crippen LogP contribution in [0, 0.1) is 5.82 Å². The standard InChI is InChI=1S/C13H14FN3O3/c1-13(2,15-12(18)19)7-10-16-17-11(20-10)8-3-5-9(14)6-4-8/h3-6,15H,7H2,1-2H3,(H,18,19). The predicted octanol–water partition coefficient (Wildman–Crippen LogP) is 2.46. The first-order chi connectivity index (χ1) is 9.35. The second kappa shape index (κ2) is 5.28. The molecule has 7 heteroatoms. The van der Waals surface area contributed by atoms with E-state index in [-0.39, 0.29) is 18.1 Å². The summed E-state index contributed by atoms with van der Waals surface area (Å²) in [6, 6.07) is 5.67. The molecule has 0 fully saturated rings. The lowest BCUT2D eigenvalue weighted by Crippen LogP contribution is -2.44. The minimum absolute atomic E-state index is 0.257. The summed E-state index contributed by atoms with van der Waals surface area (Å²) in [6.07, 6.45) is -0.860. The summed E-state index contributed by atoms with van der Waals surface area (Å²) in [6.45, 7) is 3.42. The summed E-state index contributed by atoms with van der Waals surface area (Å²) in [5.41, 5.74) is -0.118. The van der Waals surface area contributed by atoms with Crippen LogP contribution < -0.4 is 5.32 Å². The number of carbonyl (C=O) groups is 1. The Hall–Kier alpha value is -2.44. The number of amides is 1. The molecule has 1 heterocycles. The Labute approximate surface area is 114 Å². The van der Waals surface area contributed by atoms with E-state index >= 15 is 0 Å². The SMILES string of the molecule is CC(C)(Cc1nnc(-c2ccc(F)cc2)o1)NC(=O)O. The van der Waals surface area contributed by atoms with Gasteiger partial charge in [-0.25, -0.2) is 9.18 Å². The molecule has 0 unspecified atom stereocenters. The molecule has 2 rings (SSSR count). The van der Waals surface area contributed by atoms with Gasteiger partial charge in [0, 0.05) is 17.5 Å². The van der Waals surface area contributed by atoms with Crippen molar-refractivity contribution in [1.82, 2.24) is 15.5 Å². The van der Waals surface area contributed by atoms with Crippen LogP contribution >= 0.6 is 0 Å². The van der Waals surface area contributed by atoms with Gasteiger partial charge in [0.15, 0.2) is 0 Å². The van der Waals surface area contributed by atoms with Crippen LogP contribution in [0.2, 0.25) is 0 Å². The number of rotatable bonds is 4. The van der Waals surface area contributed by atoms with Crippen molar-refractivity contribution >= 4 is 6.09 Å². The van der Waals surface area contributed by atoms with Crippen molar-refractivity contribution in [1.29, 1.82) is 0 Å². The van der Waals surface area contributed by atoms with Gasteiger partial charge in [-0.2, -0.15) is 0 Å². The van der Waals surface area contributed by atoms with E-state index in [4.69, 9.17) is 9.52 Å². The summed E-state index contributed by atoms with van der Waals surface area (Å²) >= 11 is 0. The van der Waals surface area contributed by atoms with Gasteiger partial charge in [0.2, 0.25) is 11.8 Å². The predicted molar refractivity (Wildman–Crippen MR) is 68.6 cm³/mol. The van der Waals surface area contributed by atoms with Crippen molar-refractivity contribution in [2.75, 3.05) is 0 Å². The molecule has 106 valence electrons. The minimum Gasteiger partial charge on any atom is -0.465 e. The molecule has 1 amide bonds. The van der Waals surface area contributed by atoms with Gasteiger partial charge in [0.1, 0.15) is 5.82 Å². The highest BCUT2D eigenvalue weighted by atomic mass is 19.1. The molecular weight excluding hydrogens is 265 g/mol. The van der Waals surface area contributed by atoms with Gasteiger partial charge in [-0.3, -0.25) is 0 Å². The zero-order chi connectivity index (χ0) is 14.8. The zero-order valence-corrected chi connectivity index (χ0v) is 11.1. The Kier molecular flexibility index (Phi) is 3.69. The Morgan fingerprint density at radius 3 is 2.60 bits per heavy atom. The van der Waals surface area contributed by atoms with E-state index in [0.717, 1.165) is 0 Å². The van der Waals surface area contributed by atoms with Crippen LogP contribution in [-0.2, 0) is 6.42 Å². The Balaban J connectivity index is 2.13. The molecule has 0 bridgehead atoms. The fraction of sp³-hybridized carbons (Fsp3) is 0.308. The number of hydrogen-bond donors (Lipinski definition) is 2. The van der Waals surface area contributed by atoms with E-state index in [1.807, 2.05) is 0 Å². The Bertz CT molecular complexity index is 608. The molecule has 20 heavy (non-hydrogen) atoms. The first-order valence-electron chi connectivity index (χ1n) is 5.95. The number of hydrogen-bond acceptors (Lipinski definition) is 4. The van der Waals surface area contributed by atoms with Crippen molar-refractivity contribution in [3.63, 3.8) is 0 Å². The number of nitrogens with zero attached hydrogens (tertiary/aromatic N) is 2. The maximum absolute atomic E-state index is 12.8. The number of halogens is 1. The van der Waals surface area contributed by atoms with Gasteiger partial charge < -0.3 is 14.8 Å². The van der Waals surface area contributed by atoms with Crippen LogP contribution in [0.1, 0.15) is 19.7 Å². The van der Waals surface area contributed by atoms with E-state index in [0.29, 0.717) is 11.5 Å². The third-order valence-corrected chi connectivity index (χ3v) is 2.60. The summed E-state index contributed by atoms with van der Waals surface area (Å²) < 4.78 is 18.3. The second-order valence-corrected chi connectivity index (χ2v) is 5.00. The average molecular weight is 279 g/mol. The quantitative estimate of drug-likeness (QED) is 0.897. The largest absolute Gasteiger partial charge is 0.465 e. The molecule has 0 saturated heterocycles. The number of aromatic nitrogens is 2. The van der Waals surface area contributed by atoms with E-state index in [2.05, 4.69) is 15.5 Å². The summed E-state index contributed by atoms with van der Waals surface area (Å²) in [4.78, 5) is 10.7. The van der Waals surface area contributed by atoms with Gasteiger partial charge in [-0.15, -0.1) is 10.2 Å². The fourth-order valence-corrected chi connectivity index (χ4v) is 1.75. The molecule has 0 aliphatic rings. The number of carboxylic acid groups (broad SMARTS) is 1. The first kappa shape index (κ1) is 14.0. The molecule has 0 aliphatic carbocycles. The molecule has 2 N–H and O–H groups in total.